The van der Waals surface area contributed by atoms with Gasteiger partial charge in [0.25, 0.3) is 0 Å². The number of carboxylic acids is 1. The summed E-state index contributed by atoms with van der Waals surface area (Å²) in [5.41, 5.74) is 6.33. The highest BCUT2D eigenvalue weighted by Crippen LogP contribution is 2.40. The van der Waals surface area contributed by atoms with E-state index in [0.717, 1.165) is 65.0 Å². The van der Waals surface area contributed by atoms with E-state index >= 15 is 0 Å². The van der Waals surface area contributed by atoms with Crippen LogP contribution in [0.25, 0.3) is 11.1 Å². The van der Waals surface area contributed by atoms with Crippen molar-refractivity contribution in [1.29, 1.82) is 0 Å². The van der Waals surface area contributed by atoms with Gasteiger partial charge in [0.15, 0.2) is 6.29 Å². The number of likely N-dealkylation sites (tertiary alicyclic amines) is 1. The van der Waals surface area contributed by atoms with Gasteiger partial charge in [0.05, 0.1) is 25.5 Å². The van der Waals surface area contributed by atoms with Gasteiger partial charge in [0, 0.05) is 56.7 Å². The number of nitrogens with one attached hydrogen (secondary N) is 2. The van der Waals surface area contributed by atoms with Crippen molar-refractivity contribution in [2.75, 3.05) is 31.2 Å². The molecule has 3 aliphatic heterocycles. The van der Waals surface area contributed by atoms with Crippen LogP contribution in [0.3, 0.4) is 0 Å². The first kappa shape index (κ1) is 39.2. The Morgan fingerprint density at radius 1 is 0.821 bits per heavy atom. The van der Waals surface area contributed by atoms with Gasteiger partial charge in [0.1, 0.15) is 5.54 Å². The number of unbranched alkanes of at least 4 members (excludes halogenated alkanes) is 2. The number of amides is 2. The summed E-state index contributed by atoms with van der Waals surface area (Å²) in [6, 6.07) is 34.3. The van der Waals surface area contributed by atoms with Crippen LogP contribution in [-0.4, -0.2) is 70.8 Å². The predicted octanol–water partition coefficient (Wildman–Crippen LogP) is 6.47. The standard InChI is InChI=1S/C45H52N4O7/c50-30-32-15-17-34(18-16-32)40-27-38(29-48-25-23-45(24-26-48)44(54)47-31-49(45)37-10-3-1-4-11-37)55-43(56-40)35-21-19-33(20-22-35)39-12-8-7-9-36(39)28-46-41(51)13-5-2-6-14-42(52)53/h1,3-4,7-12,15-22,38,40,43,50H,2,5-6,13-14,23-31H2,(H,46,51)(H,47,54)(H,52,53). The van der Waals surface area contributed by atoms with Crippen LogP contribution >= 0.6 is 0 Å². The maximum absolute atomic E-state index is 13.3. The average Bonchev–Trinajstić information content (AvgIpc) is 3.55. The number of carbonyl (C=O) groups is 3. The minimum absolute atomic E-state index is 0.0195. The first-order valence-electron chi connectivity index (χ1n) is 19.8. The van der Waals surface area contributed by atoms with E-state index in [0.29, 0.717) is 51.9 Å². The fourth-order valence-electron chi connectivity index (χ4n) is 8.26. The molecule has 3 unspecified atom stereocenters. The van der Waals surface area contributed by atoms with Crippen LogP contribution in [0.2, 0.25) is 0 Å². The summed E-state index contributed by atoms with van der Waals surface area (Å²) in [6.07, 6.45) is 3.65. The van der Waals surface area contributed by atoms with Crippen molar-refractivity contribution < 1.29 is 34.1 Å². The second kappa shape index (κ2) is 18.3. The molecule has 4 aromatic rings. The van der Waals surface area contributed by atoms with Crippen LogP contribution in [-0.2, 0) is 37.0 Å². The third kappa shape index (κ3) is 9.30. The lowest BCUT2D eigenvalue weighted by Crippen LogP contribution is -2.57. The Kier molecular flexibility index (Phi) is 12.8. The van der Waals surface area contributed by atoms with Crippen LogP contribution < -0.4 is 15.5 Å². The van der Waals surface area contributed by atoms with E-state index in [1.165, 1.54) is 0 Å². The minimum atomic E-state index is -0.809. The third-order valence-electron chi connectivity index (χ3n) is 11.4. The molecule has 2 amide bonds. The molecule has 294 valence electrons. The number of para-hydroxylation sites is 1. The molecular formula is C45H52N4O7. The average molecular weight is 761 g/mol. The van der Waals surface area contributed by atoms with Crippen LogP contribution in [0, 0.1) is 0 Å². The van der Waals surface area contributed by atoms with Crippen molar-refractivity contribution >= 4 is 23.5 Å². The number of carboxylic acid groups (broad SMARTS) is 1. The van der Waals surface area contributed by atoms with E-state index in [9.17, 15) is 19.5 Å². The van der Waals surface area contributed by atoms with Crippen molar-refractivity contribution in [3.8, 4) is 11.1 Å². The summed E-state index contributed by atoms with van der Waals surface area (Å²) >= 11 is 0. The Balaban J connectivity index is 1.02. The third-order valence-corrected chi connectivity index (χ3v) is 11.4. The van der Waals surface area contributed by atoms with Crippen molar-refractivity contribution in [3.05, 3.63) is 125 Å². The zero-order valence-corrected chi connectivity index (χ0v) is 31.8. The van der Waals surface area contributed by atoms with E-state index < -0.39 is 17.8 Å². The van der Waals surface area contributed by atoms with Gasteiger partial charge in [-0.3, -0.25) is 14.4 Å². The van der Waals surface area contributed by atoms with Gasteiger partial charge in [-0.05, 0) is 65.6 Å². The molecule has 3 saturated heterocycles. The van der Waals surface area contributed by atoms with Crippen molar-refractivity contribution in [2.24, 2.45) is 0 Å². The zero-order valence-electron chi connectivity index (χ0n) is 31.8. The number of aliphatic hydroxyl groups is 1. The molecule has 0 aromatic heterocycles. The number of ether oxygens (including phenoxy) is 2. The summed E-state index contributed by atoms with van der Waals surface area (Å²) in [6.45, 7) is 3.16. The summed E-state index contributed by atoms with van der Waals surface area (Å²) in [5, 5.41) is 24.6. The normalized spacial score (nSPS) is 20.8. The summed E-state index contributed by atoms with van der Waals surface area (Å²) < 4.78 is 13.4. The van der Waals surface area contributed by atoms with Crippen LogP contribution in [0.15, 0.2) is 103 Å². The number of rotatable bonds is 15. The SMILES string of the molecule is O=C(O)CCCCCC(=O)NCc1ccccc1-c1ccc(C2OC(CN3CCC4(CC3)C(=O)NCN4c3ccccc3)CC(c3ccc(CO)cc3)O2)cc1. The summed E-state index contributed by atoms with van der Waals surface area (Å²) in [4.78, 5) is 41.2. The monoisotopic (exact) mass is 760 g/mol. The molecule has 3 aliphatic rings. The number of aliphatic hydroxyl groups excluding tert-OH is 1. The van der Waals surface area contributed by atoms with Crippen molar-refractivity contribution in [1.82, 2.24) is 15.5 Å². The number of nitrogens with zero attached hydrogens (tertiary/aromatic N) is 2. The number of benzene rings is 4. The number of anilines is 1. The van der Waals surface area contributed by atoms with E-state index in [4.69, 9.17) is 14.6 Å². The molecule has 0 bridgehead atoms. The molecule has 4 N–H and O–H groups in total. The highest BCUT2D eigenvalue weighted by atomic mass is 16.7. The largest absolute Gasteiger partial charge is 0.481 e. The molecule has 3 fully saturated rings. The van der Waals surface area contributed by atoms with Gasteiger partial charge in [0.2, 0.25) is 11.8 Å². The van der Waals surface area contributed by atoms with Gasteiger partial charge in [-0.1, -0.05) is 97.4 Å². The lowest BCUT2D eigenvalue weighted by molar-refractivity contribution is -0.253. The van der Waals surface area contributed by atoms with E-state index in [1.54, 1.807) is 0 Å². The van der Waals surface area contributed by atoms with Gasteiger partial charge in [-0.15, -0.1) is 0 Å². The summed E-state index contributed by atoms with van der Waals surface area (Å²) in [7, 11) is 0. The highest BCUT2D eigenvalue weighted by Gasteiger charge is 2.50. The maximum atomic E-state index is 13.3. The number of hydrogen-bond donors (Lipinski definition) is 4. The Labute approximate surface area is 328 Å². The van der Waals surface area contributed by atoms with Gasteiger partial charge in [-0.2, -0.15) is 0 Å². The van der Waals surface area contributed by atoms with E-state index in [-0.39, 0.29) is 37.0 Å². The smallest absolute Gasteiger partial charge is 0.303 e. The maximum Gasteiger partial charge on any atom is 0.303 e. The molecule has 4 aromatic carbocycles. The molecular weight excluding hydrogens is 709 g/mol. The Morgan fingerprint density at radius 2 is 1.52 bits per heavy atom. The Bertz CT molecular complexity index is 1930. The first-order valence-corrected chi connectivity index (χ1v) is 19.8. The molecule has 1 spiro atoms. The molecule has 3 heterocycles. The molecule has 11 heteroatoms. The van der Waals surface area contributed by atoms with Crippen LogP contribution in [0.1, 0.15) is 86.0 Å². The molecule has 7 rings (SSSR count). The van der Waals surface area contributed by atoms with Gasteiger partial charge in [-0.25, -0.2) is 0 Å². The minimum Gasteiger partial charge on any atom is -0.481 e. The van der Waals surface area contributed by atoms with E-state index in [2.05, 4.69) is 50.8 Å². The number of aliphatic carboxylic acids is 1. The lowest BCUT2D eigenvalue weighted by Gasteiger charge is -2.45. The first-order chi connectivity index (χ1) is 27.3. The quantitative estimate of drug-likeness (QED) is 0.100. The van der Waals surface area contributed by atoms with Gasteiger partial charge >= 0.3 is 5.97 Å². The van der Waals surface area contributed by atoms with Gasteiger partial charge < -0.3 is 40.1 Å². The lowest BCUT2D eigenvalue weighted by atomic mass is 9.85. The topological polar surface area (TPSA) is 141 Å². The summed E-state index contributed by atoms with van der Waals surface area (Å²) in [5.74, 6) is -0.752. The Morgan fingerprint density at radius 3 is 2.25 bits per heavy atom. The molecule has 3 atom stereocenters. The fourth-order valence-corrected chi connectivity index (χ4v) is 8.26. The Hall–Kier alpha value is -5.07. The van der Waals surface area contributed by atoms with E-state index in [1.807, 2.05) is 72.8 Å². The number of piperidine rings is 1. The highest BCUT2D eigenvalue weighted by molar-refractivity contribution is 5.93. The second-order valence-electron chi connectivity index (χ2n) is 15.1. The number of carbonyl (C=O) groups excluding carboxylic acids is 2. The molecule has 0 aliphatic carbocycles. The molecule has 0 radical (unpaired) electrons. The molecule has 0 saturated carbocycles. The number of hydrogen-bond acceptors (Lipinski definition) is 8. The molecule has 56 heavy (non-hydrogen) atoms. The predicted molar refractivity (Wildman–Crippen MR) is 213 cm³/mol. The van der Waals surface area contributed by atoms with Crippen molar-refractivity contribution in [2.45, 2.75) is 88.6 Å². The molecule has 11 nitrogen and oxygen atoms in total. The van der Waals surface area contributed by atoms with Crippen LogP contribution in [0.5, 0.6) is 0 Å². The zero-order chi connectivity index (χ0) is 38.9. The second-order valence-corrected chi connectivity index (χ2v) is 15.1. The van der Waals surface area contributed by atoms with Crippen LogP contribution in [0.4, 0.5) is 5.69 Å². The van der Waals surface area contributed by atoms with Crippen molar-refractivity contribution in [3.63, 3.8) is 0 Å². The fraction of sp³-hybridized carbons (Fsp3) is 0.400.